The third kappa shape index (κ3) is 4.70. The van der Waals surface area contributed by atoms with Crippen molar-refractivity contribution in [1.82, 2.24) is 9.80 Å². The summed E-state index contributed by atoms with van der Waals surface area (Å²) in [6.45, 7) is 4.99. The molecular formula is C18H25N3O4. The van der Waals surface area contributed by atoms with Gasteiger partial charge < -0.3 is 19.7 Å². The van der Waals surface area contributed by atoms with Gasteiger partial charge in [0.1, 0.15) is 0 Å². The summed E-state index contributed by atoms with van der Waals surface area (Å²) in [5.74, 6) is -0.389. The summed E-state index contributed by atoms with van der Waals surface area (Å²) in [7, 11) is 1.34. The van der Waals surface area contributed by atoms with E-state index in [-0.39, 0.29) is 12.0 Å². The zero-order chi connectivity index (χ0) is 17.6. The van der Waals surface area contributed by atoms with Crippen LogP contribution in [0.2, 0.25) is 0 Å². The average molecular weight is 347 g/mol. The largest absolute Gasteiger partial charge is 0.465 e. The maximum atomic E-state index is 12.4. The fourth-order valence-electron chi connectivity index (χ4n) is 3.22. The van der Waals surface area contributed by atoms with Crippen molar-refractivity contribution in [2.24, 2.45) is 0 Å². The van der Waals surface area contributed by atoms with Crippen LogP contribution in [-0.2, 0) is 9.47 Å². The normalized spacial score (nSPS) is 21.2. The predicted molar refractivity (Wildman–Crippen MR) is 93.8 cm³/mol. The number of ether oxygens (including phenoxy) is 2. The highest BCUT2D eigenvalue weighted by Gasteiger charge is 2.24. The second kappa shape index (κ2) is 8.31. The van der Waals surface area contributed by atoms with Gasteiger partial charge in [-0.3, -0.25) is 4.90 Å². The highest BCUT2D eigenvalue weighted by Crippen LogP contribution is 2.15. The first-order valence-electron chi connectivity index (χ1n) is 8.74. The van der Waals surface area contributed by atoms with E-state index >= 15 is 0 Å². The number of nitrogens with zero attached hydrogens (tertiary/aromatic N) is 2. The lowest BCUT2D eigenvalue weighted by atomic mass is 10.2. The number of carbonyl (C=O) groups is 2. The van der Waals surface area contributed by atoms with Crippen molar-refractivity contribution in [1.29, 1.82) is 0 Å². The molecule has 0 radical (unpaired) electrons. The van der Waals surface area contributed by atoms with E-state index in [0.29, 0.717) is 30.4 Å². The van der Waals surface area contributed by atoms with Crippen LogP contribution >= 0.6 is 0 Å². The van der Waals surface area contributed by atoms with Gasteiger partial charge >= 0.3 is 12.0 Å². The van der Waals surface area contributed by atoms with Gasteiger partial charge in [-0.2, -0.15) is 0 Å². The molecule has 136 valence electrons. The fourth-order valence-corrected chi connectivity index (χ4v) is 3.22. The summed E-state index contributed by atoms with van der Waals surface area (Å²) >= 11 is 0. The third-order valence-corrected chi connectivity index (χ3v) is 4.70. The first kappa shape index (κ1) is 17.7. The predicted octanol–water partition coefficient (Wildman–Crippen LogP) is 1.80. The maximum Gasteiger partial charge on any atom is 0.337 e. The van der Waals surface area contributed by atoms with Crippen LogP contribution in [0.3, 0.4) is 0 Å². The number of esters is 1. The van der Waals surface area contributed by atoms with Crippen LogP contribution in [-0.4, -0.2) is 74.3 Å². The summed E-state index contributed by atoms with van der Waals surface area (Å²) in [5, 5.41) is 2.88. The molecule has 0 aliphatic carbocycles. The van der Waals surface area contributed by atoms with E-state index in [1.165, 1.54) is 7.11 Å². The van der Waals surface area contributed by atoms with Gasteiger partial charge in [0.2, 0.25) is 0 Å². The Hall–Kier alpha value is -2.12. The molecule has 1 aromatic rings. The van der Waals surface area contributed by atoms with Crippen LogP contribution in [0.4, 0.5) is 10.5 Å². The second-order valence-corrected chi connectivity index (χ2v) is 6.42. The Morgan fingerprint density at radius 2 is 1.92 bits per heavy atom. The minimum Gasteiger partial charge on any atom is -0.465 e. The summed E-state index contributed by atoms with van der Waals surface area (Å²) in [4.78, 5) is 28.0. The van der Waals surface area contributed by atoms with Crippen molar-refractivity contribution in [3.63, 3.8) is 0 Å². The standard InChI is InChI=1S/C18H25N3O4/c1-24-17(22)14-4-6-15(7-5-14)19-18(23)21-10-8-20(9-11-21)13-16-3-2-12-25-16/h4-7,16H,2-3,8-13H2,1H3,(H,19,23). The van der Waals surface area contributed by atoms with Gasteiger partial charge in [-0.1, -0.05) is 0 Å². The molecule has 3 rings (SSSR count). The van der Waals surface area contributed by atoms with Crippen LogP contribution in [0.1, 0.15) is 23.2 Å². The Balaban J connectivity index is 1.45. The summed E-state index contributed by atoms with van der Waals surface area (Å²) in [5.41, 5.74) is 1.13. The zero-order valence-electron chi connectivity index (χ0n) is 14.6. The number of carbonyl (C=O) groups excluding carboxylic acids is 2. The van der Waals surface area contributed by atoms with Crippen molar-refractivity contribution in [2.75, 3.05) is 51.8 Å². The van der Waals surface area contributed by atoms with E-state index in [2.05, 4.69) is 15.0 Å². The second-order valence-electron chi connectivity index (χ2n) is 6.42. The lowest BCUT2D eigenvalue weighted by Crippen LogP contribution is -2.51. The lowest BCUT2D eigenvalue weighted by Gasteiger charge is -2.35. The van der Waals surface area contributed by atoms with E-state index in [9.17, 15) is 9.59 Å². The molecule has 7 heteroatoms. The maximum absolute atomic E-state index is 12.4. The van der Waals surface area contributed by atoms with Crippen LogP contribution in [0.15, 0.2) is 24.3 Å². The van der Waals surface area contributed by atoms with Gasteiger partial charge in [0.05, 0.1) is 18.8 Å². The van der Waals surface area contributed by atoms with Gasteiger partial charge in [0.15, 0.2) is 0 Å². The molecule has 2 amide bonds. The molecular weight excluding hydrogens is 322 g/mol. The lowest BCUT2D eigenvalue weighted by molar-refractivity contribution is 0.0571. The molecule has 7 nitrogen and oxygen atoms in total. The van der Waals surface area contributed by atoms with E-state index in [0.717, 1.165) is 39.1 Å². The Morgan fingerprint density at radius 3 is 2.52 bits per heavy atom. The SMILES string of the molecule is COC(=O)c1ccc(NC(=O)N2CCN(CC3CCCO3)CC2)cc1. The smallest absolute Gasteiger partial charge is 0.337 e. The molecule has 1 N–H and O–H groups in total. The zero-order valence-corrected chi connectivity index (χ0v) is 14.6. The van der Waals surface area contributed by atoms with Gasteiger partial charge in [0, 0.05) is 45.0 Å². The molecule has 0 saturated carbocycles. The van der Waals surface area contributed by atoms with Gasteiger partial charge in [0.25, 0.3) is 0 Å². The number of rotatable bonds is 4. The fraction of sp³-hybridized carbons (Fsp3) is 0.556. The van der Waals surface area contributed by atoms with E-state index in [1.807, 2.05) is 4.90 Å². The highest BCUT2D eigenvalue weighted by molar-refractivity contribution is 5.92. The molecule has 1 atom stereocenters. The average Bonchev–Trinajstić information content (AvgIpc) is 3.15. The Bertz CT molecular complexity index is 591. The number of urea groups is 1. The Kier molecular flexibility index (Phi) is 5.88. The van der Waals surface area contributed by atoms with Crippen molar-refractivity contribution >= 4 is 17.7 Å². The molecule has 25 heavy (non-hydrogen) atoms. The first-order chi connectivity index (χ1) is 12.2. The molecule has 2 aliphatic heterocycles. The van der Waals surface area contributed by atoms with Crippen molar-refractivity contribution < 1.29 is 19.1 Å². The van der Waals surface area contributed by atoms with Gasteiger partial charge in [-0.25, -0.2) is 9.59 Å². The molecule has 2 saturated heterocycles. The molecule has 0 aromatic heterocycles. The Morgan fingerprint density at radius 1 is 1.20 bits per heavy atom. The quantitative estimate of drug-likeness (QED) is 0.841. The number of benzene rings is 1. The van der Waals surface area contributed by atoms with Crippen molar-refractivity contribution in [2.45, 2.75) is 18.9 Å². The minimum absolute atomic E-state index is 0.109. The number of anilines is 1. The number of hydrogen-bond acceptors (Lipinski definition) is 5. The molecule has 2 fully saturated rings. The summed E-state index contributed by atoms with van der Waals surface area (Å²) < 4.78 is 10.3. The monoisotopic (exact) mass is 347 g/mol. The summed E-state index contributed by atoms with van der Waals surface area (Å²) in [6, 6.07) is 6.58. The molecule has 0 bridgehead atoms. The van der Waals surface area contributed by atoms with E-state index in [1.54, 1.807) is 24.3 Å². The Labute approximate surface area is 147 Å². The minimum atomic E-state index is -0.389. The molecule has 1 unspecified atom stereocenters. The van der Waals surface area contributed by atoms with Crippen LogP contribution < -0.4 is 5.32 Å². The van der Waals surface area contributed by atoms with Crippen LogP contribution in [0.25, 0.3) is 0 Å². The molecule has 0 spiro atoms. The van der Waals surface area contributed by atoms with Gasteiger partial charge in [-0.15, -0.1) is 0 Å². The van der Waals surface area contributed by atoms with Crippen molar-refractivity contribution in [3.8, 4) is 0 Å². The number of piperazine rings is 1. The first-order valence-corrected chi connectivity index (χ1v) is 8.74. The highest BCUT2D eigenvalue weighted by atomic mass is 16.5. The van der Waals surface area contributed by atoms with Crippen LogP contribution in [0, 0.1) is 0 Å². The molecule has 1 aromatic carbocycles. The van der Waals surface area contributed by atoms with E-state index in [4.69, 9.17) is 4.74 Å². The van der Waals surface area contributed by atoms with Crippen LogP contribution in [0.5, 0.6) is 0 Å². The van der Waals surface area contributed by atoms with E-state index < -0.39 is 0 Å². The summed E-state index contributed by atoms with van der Waals surface area (Å²) in [6.07, 6.45) is 2.65. The van der Waals surface area contributed by atoms with Gasteiger partial charge in [-0.05, 0) is 37.1 Å². The van der Waals surface area contributed by atoms with Crippen molar-refractivity contribution in [3.05, 3.63) is 29.8 Å². The number of nitrogens with one attached hydrogen (secondary N) is 1. The number of methoxy groups -OCH3 is 1. The topological polar surface area (TPSA) is 71.1 Å². The molecule has 2 heterocycles. The molecule has 2 aliphatic rings. The third-order valence-electron chi connectivity index (χ3n) is 4.70. The number of hydrogen-bond donors (Lipinski definition) is 1. The number of amides is 2.